The Hall–Kier alpha value is -2.64. The monoisotopic (exact) mass is 358 g/mol. The molecule has 1 atom stereocenters. The first-order valence-corrected chi connectivity index (χ1v) is 9.06. The molecular weight excluding hydrogens is 332 g/mol. The van der Waals surface area contributed by atoms with Crippen molar-refractivity contribution >= 4 is 17.6 Å². The highest BCUT2D eigenvalue weighted by molar-refractivity contribution is 5.94. The van der Waals surface area contributed by atoms with E-state index in [2.05, 4.69) is 20.8 Å². The number of hydrogen-bond donors (Lipinski definition) is 2. The highest BCUT2D eigenvalue weighted by Crippen LogP contribution is 2.26. The Labute approximate surface area is 153 Å². The van der Waals surface area contributed by atoms with Crippen LogP contribution < -0.4 is 10.6 Å². The lowest BCUT2D eigenvalue weighted by Gasteiger charge is -2.18. The normalized spacial score (nSPS) is 17.3. The van der Waals surface area contributed by atoms with Gasteiger partial charge in [0, 0.05) is 37.3 Å². The molecule has 0 radical (unpaired) electrons. The summed E-state index contributed by atoms with van der Waals surface area (Å²) in [4.78, 5) is 26.3. The molecule has 1 aliphatic heterocycles. The second-order valence-electron chi connectivity index (χ2n) is 7.37. The van der Waals surface area contributed by atoms with Gasteiger partial charge >= 0.3 is 6.03 Å². The average molecular weight is 358 g/mol. The highest BCUT2D eigenvalue weighted by atomic mass is 16.2. The summed E-state index contributed by atoms with van der Waals surface area (Å²) < 4.78 is 1.86. The van der Waals surface area contributed by atoms with Gasteiger partial charge < -0.3 is 15.5 Å². The Morgan fingerprint density at radius 3 is 2.54 bits per heavy atom. The second kappa shape index (κ2) is 7.31. The third-order valence-corrected chi connectivity index (χ3v) is 4.36. The molecule has 2 aromatic rings. The fraction of sp³-hybridized carbons (Fsp3) is 0.556. The molecule has 26 heavy (non-hydrogen) atoms. The first kappa shape index (κ1) is 18.2. The molecule has 1 saturated heterocycles. The predicted octanol–water partition coefficient (Wildman–Crippen LogP) is 1.77. The van der Waals surface area contributed by atoms with Gasteiger partial charge in [0.05, 0.1) is 5.56 Å². The molecule has 3 heterocycles. The van der Waals surface area contributed by atoms with E-state index < -0.39 is 0 Å². The summed E-state index contributed by atoms with van der Waals surface area (Å²) in [5.41, 5.74) is 1.27. The van der Waals surface area contributed by atoms with Gasteiger partial charge in [0.1, 0.15) is 5.82 Å². The largest absolute Gasteiger partial charge is 0.350 e. The van der Waals surface area contributed by atoms with Crippen LogP contribution >= 0.6 is 0 Å². The molecule has 1 aliphatic rings. The van der Waals surface area contributed by atoms with Crippen molar-refractivity contribution in [1.29, 1.82) is 0 Å². The van der Waals surface area contributed by atoms with Gasteiger partial charge in [-0.15, -0.1) is 10.2 Å². The maximum atomic E-state index is 12.3. The van der Waals surface area contributed by atoms with Gasteiger partial charge in [0.2, 0.25) is 0 Å². The molecule has 140 valence electrons. The second-order valence-corrected chi connectivity index (χ2v) is 7.37. The minimum Gasteiger partial charge on any atom is -0.350 e. The number of aromatic nitrogens is 3. The first-order valence-electron chi connectivity index (χ1n) is 9.06. The Morgan fingerprint density at radius 1 is 1.12 bits per heavy atom. The maximum absolute atomic E-state index is 12.3. The van der Waals surface area contributed by atoms with Crippen LogP contribution in [0.5, 0.6) is 0 Å². The SMILES string of the molecule is CC(C)NC(=O)c1ccc2nnc(C3CCN(C(=O)NC(C)C)C3)n2c1. The molecule has 0 aliphatic carbocycles. The van der Waals surface area contributed by atoms with Gasteiger partial charge in [-0.05, 0) is 46.2 Å². The van der Waals surface area contributed by atoms with Gasteiger partial charge in [-0.3, -0.25) is 9.20 Å². The molecule has 0 saturated carbocycles. The van der Waals surface area contributed by atoms with Crippen LogP contribution in [0.1, 0.15) is 56.2 Å². The van der Waals surface area contributed by atoms with Crippen LogP contribution in [0.2, 0.25) is 0 Å². The first-order chi connectivity index (χ1) is 12.3. The molecule has 0 spiro atoms. The lowest BCUT2D eigenvalue weighted by molar-refractivity contribution is 0.0942. The van der Waals surface area contributed by atoms with Crippen LogP contribution in [0.3, 0.4) is 0 Å². The zero-order valence-corrected chi connectivity index (χ0v) is 15.7. The summed E-state index contributed by atoms with van der Waals surface area (Å²) in [7, 11) is 0. The van der Waals surface area contributed by atoms with Crippen LogP contribution in [0.4, 0.5) is 4.79 Å². The van der Waals surface area contributed by atoms with Crippen molar-refractivity contribution in [3.05, 3.63) is 29.7 Å². The zero-order valence-electron chi connectivity index (χ0n) is 15.7. The summed E-state index contributed by atoms with van der Waals surface area (Å²) >= 11 is 0. The number of rotatable bonds is 4. The summed E-state index contributed by atoms with van der Waals surface area (Å²) in [6.07, 6.45) is 2.61. The molecule has 8 nitrogen and oxygen atoms in total. The fourth-order valence-electron chi connectivity index (χ4n) is 3.16. The number of carbonyl (C=O) groups is 2. The maximum Gasteiger partial charge on any atom is 0.317 e. The van der Waals surface area contributed by atoms with Crippen molar-refractivity contribution in [3.63, 3.8) is 0 Å². The smallest absolute Gasteiger partial charge is 0.317 e. The number of pyridine rings is 1. The lowest BCUT2D eigenvalue weighted by Crippen LogP contribution is -2.41. The molecule has 2 N–H and O–H groups in total. The Bertz CT molecular complexity index is 813. The van der Waals surface area contributed by atoms with Gasteiger partial charge in [0.25, 0.3) is 5.91 Å². The van der Waals surface area contributed by atoms with E-state index in [4.69, 9.17) is 0 Å². The Kier molecular flexibility index (Phi) is 5.11. The zero-order chi connectivity index (χ0) is 18.8. The van der Waals surface area contributed by atoms with E-state index in [1.165, 1.54) is 0 Å². The van der Waals surface area contributed by atoms with Gasteiger partial charge in [0.15, 0.2) is 5.65 Å². The molecule has 1 fully saturated rings. The number of nitrogens with zero attached hydrogens (tertiary/aromatic N) is 4. The van der Waals surface area contributed by atoms with Crippen molar-refractivity contribution < 1.29 is 9.59 Å². The molecule has 0 aromatic carbocycles. The van der Waals surface area contributed by atoms with Gasteiger partial charge in [-0.2, -0.15) is 0 Å². The van der Waals surface area contributed by atoms with Crippen LogP contribution in [-0.2, 0) is 0 Å². The van der Waals surface area contributed by atoms with Gasteiger partial charge in [-0.1, -0.05) is 0 Å². The Balaban J connectivity index is 1.80. The third kappa shape index (κ3) is 3.79. The van der Waals surface area contributed by atoms with E-state index in [1.54, 1.807) is 23.2 Å². The van der Waals surface area contributed by atoms with Crippen LogP contribution in [0, 0.1) is 0 Å². The average Bonchev–Trinajstić information content (AvgIpc) is 3.19. The van der Waals surface area contributed by atoms with Crippen LogP contribution in [0.25, 0.3) is 5.65 Å². The number of carbonyl (C=O) groups excluding carboxylic acids is 2. The van der Waals surface area contributed by atoms with Crippen LogP contribution in [-0.4, -0.2) is 56.6 Å². The standard InChI is InChI=1S/C18H26N6O2/c1-11(2)19-17(25)14-5-6-15-21-22-16(24(15)10-14)13-7-8-23(9-13)18(26)20-12(3)4/h5-6,10-13H,7-9H2,1-4H3,(H,19,25)(H,20,26). The number of likely N-dealkylation sites (tertiary alicyclic amines) is 1. The van der Waals surface area contributed by atoms with Crippen molar-refractivity contribution in [1.82, 2.24) is 30.1 Å². The number of fused-ring (bicyclic) bond motifs is 1. The van der Waals surface area contributed by atoms with Crippen molar-refractivity contribution in [2.75, 3.05) is 13.1 Å². The van der Waals surface area contributed by atoms with Crippen molar-refractivity contribution in [2.45, 2.75) is 52.1 Å². The number of nitrogens with one attached hydrogen (secondary N) is 2. The Morgan fingerprint density at radius 2 is 1.85 bits per heavy atom. The molecule has 0 bridgehead atoms. The van der Waals surface area contributed by atoms with E-state index in [1.807, 2.05) is 32.1 Å². The van der Waals surface area contributed by atoms with Crippen LogP contribution in [0.15, 0.2) is 18.3 Å². The summed E-state index contributed by atoms with van der Waals surface area (Å²) in [6.45, 7) is 9.03. The number of hydrogen-bond acceptors (Lipinski definition) is 4. The predicted molar refractivity (Wildman–Crippen MR) is 98.2 cm³/mol. The molecular formula is C18H26N6O2. The molecule has 8 heteroatoms. The number of amides is 3. The summed E-state index contributed by atoms with van der Waals surface area (Å²) in [5, 5.41) is 14.3. The molecule has 3 amide bonds. The molecule has 2 aromatic heterocycles. The highest BCUT2D eigenvalue weighted by Gasteiger charge is 2.30. The lowest BCUT2D eigenvalue weighted by atomic mass is 10.1. The fourth-order valence-corrected chi connectivity index (χ4v) is 3.16. The van der Waals surface area contributed by atoms with E-state index in [0.717, 1.165) is 12.2 Å². The van der Waals surface area contributed by atoms with Gasteiger partial charge in [-0.25, -0.2) is 4.79 Å². The van der Waals surface area contributed by atoms with E-state index in [-0.39, 0.29) is 29.9 Å². The van der Waals surface area contributed by atoms with Crippen molar-refractivity contribution in [3.8, 4) is 0 Å². The summed E-state index contributed by atoms with van der Waals surface area (Å²) in [6, 6.07) is 3.68. The quantitative estimate of drug-likeness (QED) is 0.871. The molecule has 1 unspecified atom stereocenters. The molecule has 3 rings (SSSR count). The van der Waals surface area contributed by atoms with E-state index >= 15 is 0 Å². The van der Waals surface area contributed by atoms with E-state index in [0.29, 0.717) is 24.3 Å². The minimum atomic E-state index is -0.120. The van der Waals surface area contributed by atoms with Crippen molar-refractivity contribution in [2.24, 2.45) is 0 Å². The number of urea groups is 1. The topological polar surface area (TPSA) is 91.6 Å². The minimum absolute atomic E-state index is 0.0479. The third-order valence-electron chi connectivity index (χ3n) is 4.36. The summed E-state index contributed by atoms with van der Waals surface area (Å²) in [5.74, 6) is 0.774. The van der Waals surface area contributed by atoms with E-state index in [9.17, 15) is 9.59 Å².